The molecule has 2 aliphatic heterocycles. The van der Waals surface area contributed by atoms with Crippen LogP contribution in [0.2, 0.25) is 0 Å². The van der Waals surface area contributed by atoms with Crippen LogP contribution < -0.4 is 10.5 Å². The first kappa shape index (κ1) is 19.9. The lowest BCUT2D eigenvalue weighted by molar-refractivity contribution is -0.137. The normalized spacial score (nSPS) is 21.7. The summed E-state index contributed by atoms with van der Waals surface area (Å²) in [6.45, 7) is 11.6. The van der Waals surface area contributed by atoms with E-state index >= 15 is 0 Å². The first-order chi connectivity index (χ1) is 13.7. The van der Waals surface area contributed by atoms with Gasteiger partial charge < -0.3 is 9.80 Å². The Morgan fingerprint density at radius 1 is 1.17 bits per heavy atom. The summed E-state index contributed by atoms with van der Waals surface area (Å²) >= 11 is 0. The summed E-state index contributed by atoms with van der Waals surface area (Å²) in [6, 6.07) is 0. The molecule has 2 aliphatic rings. The second kappa shape index (κ2) is 7.46. The summed E-state index contributed by atoms with van der Waals surface area (Å²) in [5.74, 6) is 1.55. The molecule has 8 nitrogen and oxygen atoms in total. The highest BCUT2D eigenvalue weighted by molar-refractivity contribution is 5.79. The lowest BCUT2D eigenvalue weighted by atomic mass is 9.93. The number of H-pyrrole nitrogens is 1. The van der Waals surface area contributed by atoms with E-state index in [1.807, 2.05) is 20.8 Å². The third-order valence-electron chi connectivity index (χ3n) is 6.17. The van der Waals surface area contributed by atoms with Crippen molar-refractivity contribution in [2.75, 3.05) is 31.1 Å². The summed E-state index contributed by atoms with van der Waals surface area (Å²) in [4.78, 5) is 37.3. The topological polar surface area (TPSA) is 87.1 Å². The molecule has 0 spiro atoms. The van der Waals surface area contributed by atoms with Gasteiger partial charge in [0.05, 0.1) is 11.7 Å². The van der Waals surface area contributed by atoms with Crippen molar-refractivity contribution in [3.63, 3.8) is 0 Å². The van der Waals surface area contributed by atoms with Crippen molar-refractivity contribution in [2.24, 2.45) is 11.8 Å². The molecule has 8 heteroatoms. The Bertz CT molecular complexity index is 948. The number of rotatable bonds is 2. The zero-order chi connectivity index (χ0) is 20.8. The number of nitrogens with zero attached hydrogens (tertiary/aromatic N) is 5. The van der Waals surface area contributed by atoms with Crippen LogP contribution in [0.3, 0.4) is 0 Å². The fourth-order valence-corrected chi connectivity index (χ4v) is 4.53. The van der Waals surface area contributed by atoms with Crippen LogP contribution in [-0.2, 0) is 10.3 Å². The fourth-order valence-electron chi connectivity index (χ4n) is 4.53. The maximum absolute atomic E-state index is 12.9. The number of fused-ring (bicyclic) bond motifs is 1. The Morgan fingerprint density at radius 2 is 1.90 bits per heavy atom. The van der Waals surface area contributed by atoms with E-state index in [0.29, 0.717) is 28.8 Å². The minimum absolute atomic E-state index is 0.0760. The number of anilines is 1. The van der Waals surface area contributed by atoms with Gasteiger partial charge in [-0.1, -0.05) is 6.92 Å². The third-order valence-corrected chi connectivity index (χ3v) is 6.17. The van der Waals surface area contributed by atoms with Crippen molar-refractivity contribution in [1.82, 2.24) is 24.6 Å². The number of nitrogens with one attached hydrogen (secondary N) is 1. The van der Waals surface area contributed by atoms with E-state index in [-0.39, 0.29) is 17.0 Å². The van der Waals surface area contributed by atoms with Crippen LogP contribution >= 0.6 is 0 Å². The average molecular weight is 401 g/mol. The van der Waals surface area contributed by atoms with Gasteiger partial charge in [-0.2, -0.15) is 10.1 Å². The Kier molecular flexibility index (Phi) is 5.12. The van der Waals surface area contributed by atoms with Crippen molar-refractivity contribution < 1.29 is 4.79 Å². The summed E-state index contributed by atoms with van der Waals surface area (Å²) in [5.41, 5.74) is 0.183. The number of aromatic nitrogens is 4. The first-order valence-electron chi connectivity index (χ1n) is 10.8. The smallest absolute Gasteiger partial charge is 0.263 e. The number of carbonyl (C=O) groups is 1. The summed E-state index contributed by atoms with van der Waals surface area (Å²) < 4.78 is 1.80. The average Bonchev–Trinajstić information content (AvgIpc) is 3.13. The molecule has 0 aliphatic carbocycles. The molecule has 1 unspecified atom stereocenters. The van der Waals surface area contributed by atoms with Crippen LogP contribution in [0.25, 0.3) is 11.0 Å². The number of hydrogen-bond donors (Lipinski definition) is 1. The molecule has 158 valence electrons. The predicted octanol–water partition coefficient (Wildman–Crippen LogP) is 2.35. The van der Waals surface area contributed by atoms with Crippen LogP contribution in [0, 0.1) is 11.8 Å². The van der Waals surface area contributed by atoms with Crippen LogP contribution in [0.1, 0.15) is 53.4 Å². The Labute approximate surface area is 171 Å². The molecule has 1 atom stereocenters. The van der Waals surface area contributed by atoms with E-state index < -0.39 is 0 Å². The molecule has 1 amide bonds. The number of amides is 1. The molecule has 0 aromatic carbocycles. The number of aromatic amines is 1. The highest BCUT2D eigenvalue weighted by atomic mass is 16.2. The number of piperidine rings is 2. The van der Waals surface area contributed by atoms with Gasteiger partial charge in [0.2, 0.25) is 11.9 Å². The van der Waals surface area contributed by atoms with Crippen LogP contribution in [0.15, 0.2) is 11.0 Å². The molecule has 1 N–H and O–H groups in total. The summed E-state index contributed by atoms with van der Waals surface area (Å²) in [5, 5.41) is 4.88. The van der Waals surface area contributed by atoms with Gasteiger partial charge >= 0.3 is 0 Å². The van der Waals surface area contributed by atoms with Gasteiger partial charge in [0, 0.05) is 32.1 Å². The van der Waals surface area contributed by atoms with Crippen molar-refractivity contribution in [3.05, 3.63) is 16.6 Å². The standard InChI is InChI=1S/C21H32N6O2/c1-14-6-5-9-26(13-14)19(29)15-7-10-25(11-8-15)20-23-17-16(18(28)24-20)12-22-27(17)21(2,3)4/h12,14-15H,5-11,13H2,1-4H3,(H,23,24,28). The van der Waals surface area contributed by atoms with Crippen molar-refractivity contribution in [2.45, 2.75) is 58.9 Å². The molecule has 2 saturated heterocycles. The molecule has 2 fully saturated rings. The zero-order valence-corrected chi connectivity index (χ0v) is 17.9. The maximum atomic E-state index is 12.9. The van der Waals surface area contributed by atoms with E-state index in [2.05, 4.69) is 26.8 Å². The van der Waals surface area contributed by atoms with Gasteiger partial charge in [0.15, 0.2) is 5.65 Å². The largest absolute Gasteiger partial charge is 0.342 e. The molecule has 2 aromatic heterocycles. The van der Waals surface area contributed by atoms with E-state index in [0.717, 1.165) is 45.4 Å². The van der Waals surface area contributed by atoms with Gasteiger partial charge in [-0.3, -0.25) is 14.6 Å². The van der Waals surface area contributed by atoms with E-state index in [1.165, 1.54) is 6.42 Å². The van der Waals surface area contributed by atoms with Gasteiger partial charge in [-0.25, -0.2) is 4.68 Å². The zero-order valence-electron chi connectivity index (χ0n) is 17.9. The van der Waals surface area contributed by atoms with Gasteiger partial charge in [0.1, 0.15) is 5.39 Å². The molecule has 0 bridgehead atoms. The second-order valence-corrected chi connectivity index (χ2v) is 9.65. The van der Waals surface area contributed by atoms with Crippen molar-refractivity contribution in [3.8, 4) is 0 Å². The van der Waals surface area contributed by atoms with Crippen LogP contribution in [-0.4, -0.2) is 56.7 Å². The Hall–Kier alpha value is -2.38. The fraction of sp³-hybridized carbons (Fsp3) is 0.714. The van der Waals surface area contributed by atoms with E-state index in [4.69, 9.17) is 4.98 Å². The molecule has 4 heterocycles. The monoisotopic (exact) mass is 400 g/mol. The molecule has 0 saturated carbocycles. The minimum Gasteiger partial charge on any atom is -0.342 e. The molecule has 29 heavy (non-hydrogen) atoms. The highest BCUT2D eigenvalue weighted by Gasteiger charge is 2.31. The minimum atomic E-state index is -0.259. The molecular weight excluding hydrogens is 368 g/mol. The number of likely N-dealkylation sites (tertiary alicyclic amines) is 1. The Morgan fingerprint density at radius 3 is 2.55 bits per heavy atom. The van der Waals surface area contributed by atoms with Crippen LogP contribution in [0.5, 0.6) is 0 Å². The lowest BCUT2D eigenvalue weighted by Gasteiger charge is -2.37. The molecular formula is C21H32N6O2. The maximum Gasteiger partial charge on any atom is 0.263 e. The number of carbonyl (C=O) groups excluding carboxylic acids is 1. The molecule has 4 rings (SSSR count). The van der Waals surface area contributed by atoms with Crippen LogP contribution in [0.4, 0.5) is 5.95 Å². The van der Waals surface area contributed by atoms with Crippen molar-refractivity contribution in [1.29, 1.82) is 0 Å². The van der Waals surface area contributed by atoms with Crippen molar-refractivity contribution >= 4 is 22.9 Å². The van der Waals surface area contributed by atoms with E-state index in [9.17, 15) is 9.59 Å². The first-order valence-corrected chi connectivity index (χ1v) is 10.8. The summed E-state index contributed by atoms with van der Waals surface area (Å²) in [6.07, 6.45) is 5.50. The SMILES string of the molecule is CC1CCCN(C(=O)C2CCN(c3nc4c(cnn4C(C)(C)C)c(=O)[nH]3)CC2)C1. The third kappa shape index (κ3) is 3.89. The summed E-state index contributed by atoms with van der Waals surface area (Å²) in [7, 11) is 0. The van der Waals surface area contributed by atoms with Gasteiger partial charge in [0.25, 0.3) is 5.56 Å². The lowest BCUT2D eigenvalue weighted by Crippen LogP contribution is -2.46. The Balaban J connectivity index is 1.49. The molecule has 0 radical (unpaired) electrons. The predicted molar refractivity (Wildman–Crippen MR) is 113 cm³/mol. The quantitative estimate of drug-likeness (QED) is 0.836. The van der Waals surface area contributed by atoms with Gasteiger partial charge in [-0.15, -0.1) is 0 Å². The van der Waals surface area contributed by atoms with Gasteiger partial charge in [-0.05, 0) is 52.4 Å². The molecule has 2 aromatic rings. The second-order valence-electron chi connectivity index (χ2n) is 9.65. The van der Waals surface area contributed by atoms with E-state index in [1.54, 1.807) is 10.9 Å². The number of hydrogen-bond acceptors (Lipinski definition) is 5. The highest BCUT2D eigenvalue weighted by Crippen LogP contribution is 2.26.